The normalized spacial score (nSPS) is 28.2. The third kappa shape index (κ3) is 6.56. The molecule has 196 valence electrons. The van der Waals surface area contributed by atoms with Gasteiger partial charge in [-0.15, -0.1) is 0 Å². The van der Waals surface area contributed by atoms with Gasteiger partial charge in [0.25, 0.3) is 10.1 Å². The summed E-state index contributed by atoms with van der Waals surface area (Å²) in [6.07, 6.45) is 8.73. The zero-order chi connectivity index (χ0) is 25.8. The van der Waals surface area contributed by atoms with Crippen LogP contribution in [0.5, 0.6) is 0 Å². The van der Waals surface area contributed by atoms with Crippen LogP contribution in [0.3, 0.4) is 0 Å². The molecule has 0 spiro atoms. The molecule has 1 aromatic carbocycles. The van der Waals surface area contributed by atoms with E-state index in [0.717, 1.165) is 30.2 Å². The van der Waals surface area contributed by atoms with Crippen molar-refractivity contribution in [2.75, 3.05) is 13.7 Å². The first-order valence-corrected chi connectivity index (χ1v) is 14.6. The molecule has 0 amide bonds. The minimum Gasteiger partial charge on any atom is -0.466 e. The molecule has 5 nitrogen and oxygen atoms in total. The van der Waals surface area contributed by atoms with Crippen LogP contribution in [0.1, 0.15) is 77.7 Å². The van der Waals surface area contributed by atoms with Gasteiger partial charge in [-0.2, -0.15) is 8.42 Å². The third-order valence-electron chi connectivity index (χ3n) is 9.04. The van der Waals surface area contributed by atoms with Gasteiger partial charge in [-0.3, -0.25) is 4.18 Å². The minimum atomic E-state index is -3.87. The maximum Gasteiger partial charge on any atom is 0.333 e. The monoisotopic (exact) mass is 504 g/mol. The van der Waals surface area contributed by atoms with Gasteiger partial charge in [0, 0.05) is 5.57 Å². The van der Waals surface area contributed by atoms with E-state index < -0.39 is 16.1 Å². The van der Waals surface area contributed by atoms with E-state index in [1.165, 1.54) is 39.2 Å². The van der Waals surface area contributed by atoms with Gasteiger partial charge in [-0.1, -0.05) is 64.3 Å². The molecule has 0 bridgehead atoms. The molecule has 35 heavy (non-hydrogen) atoms. The van der Waals surface area contributed by atoms with Crippen molar-refractivity contribution in [2.24, 2.45) is 35.0 Å². The molecule has 0 N–H and O–H groups in total. The molecule has 2 aliphatic rings. The quantitative estimate of drug-likeness (QED) is 0.190. The summed E-state index contributed by atoms with van der Waals surface area (Å²) in [5.74, 6) is 2.28. The minimum absolute atomic E-state index is 0.0283. The van der Waals surface area contributed by atoms with Gasteiger partial charge in [0.15, 0.2) is 0 Å². The zero-order valence-electron chi connectivity index (χ0n) is 22.2. The maximum absolute atomic E-state index is 12.8. The molecule has 0 aliphatic heterocycles. The second kappa shape index (κ2) is 11.6. The van der Waals surface area contributed by atoms with Crippen LogP contribution in [0.4, 0.5) is 0 Å². The number of methoxy groups -OCH3 is 1. The number of benzene rings is 1. The van der Waals surface area contributed by atoms with Crippen molar-refractivity contribution in [1.29, 1.82) is 0 Å². The molecule has 0 heterocycles. The lowest BCUT2D eigenvalue weighted by Gasteiger charge is -2.46. The highest BCUT2D eigenvalue weighted by atomic mass is 32.2. The van der Waals surface area contributed by atoms with Crippen molar-refractivity contribution in [3.05, 3.63) is 42.0 Å². The van der Waals surface area contributed by atoms with Gasteiger partial charge in [0.1, 0.15) is 0 Å². The molecule has 2 fully saturated rings. The molecular formula is C29H44O5S. The Labute approximate surface area is 212 Å². The van der Waals surface area contributed by atoms with Gasteiger partial charge in [-0.05, 0) is 86.2 Å². The number of aryl methyl sites for hydroxylation is 1. The number of rotatable bonds is 11. The molecule has 3 rings (SSSR count). The van der Waals surface area contributed by atoms with Crippen LogP contribution in [0, 0.1) is 41.9 Å². The maximum atomic E-state index is 12.8. The number of fused-ring (bicyclic) bond motifs is 1. The van der Waals surface area contributed by atoms with Gasteiger partial charge in [0.05, 0.1) is 18.6 Å². The van der Waals surface area contributed by atoms with Crippen molar-refractivity contribution in [2.45, 2.75) is 84.0 Å². The highest BCUT2D eigenvalue weighted by Crippen LogP contribution is 2.59. The Hall–Kier alpha value is -1.66. The predicted octanol–water partition coefficient (Wildman–Crippen LogP) is 6.70. The zero-order valence-corrected chi connectivity index (χ0v) is 23.0. The first-order valence-electron chi connectivity index (χ1n) is 13.2. The first-order chi connectivity index (χ1) is 16.5. The fourth-order valence-corrected chi connectivity index (χ4v) is 8.00. The Balaban J connectivity index is 1.66. The summed E-state index contributed by atoms with van der Waals surface area (Å²) < 4.78 is 35.8. The van der Waals surface area contributed by atoms with E-state index in [-0.39, 0.29) is 17.4 Å². The highest BCUT2D eigenvalue weighted by molar-refractivity contribution is 7.86. The number of carbonyl (C=O) groups is 1. The van der Waals surface area contributed by atoms with Crippen molar-refractivity contribution in [3.8, 4) is 0 Å². The van der Waals surface area contributed by atoms with Crippen molar-refractivity contribution in [3.63, 3.8) is 0 Å². The average molecular weight is 505 g/mol. The highest BCUT2D eigenvalue weighted by Gasteiger charge is 2.51. The Morgan fingerprint density at radius 3 is 2.51 bits per heavy atom. The van der Waals surface area contributed by atoms with E-state index in [0.29, 0.717) is 29.2 Å². The molecule has 0 saturated heterocycles. The van der Waals surface area contributed by atoms with Gasteiger partial charge in [0.2, 0.25) is 0 Å². The number of hydrogen-bond donors (Lipinski definition) is 0. The Morgan fingerprint density at radius 2 is 1.86 bits per heavy atom. The van der Waals surface area contributed by atoms with Crippen molar-refractivity contribution >= 4 is 16.1 Å². The van der Waals surface area contributed by atoms with E-state index in [2.05, 4.69) is 27.4 Å². The van der Waals surface area contributed by atoms with Crippen LogP contribution in [0.2, 0.25) is 0 Å². The summed E-state index contributed by atoms with van der Waals surface area (Å²) in [4.78, 5) is 12.1. The average Bonchev–Trinajstić information content (AvgIpc) is 3.18. The van der Waals surface area contributed by atoms with E-state index >= 15 is 0 Å². The van der Waals surface area contributed by atoms with E-state index in [4.69, 9.17) is 8.92 Å². The fourth-order valence-electron chi connectivity index (χ4n) is 7.02. The van der Waals surface area contributed by atoms with Crippen LogP contribution >= 0.6 is 0 Å². The SMILES string of the molecule is C=C(CC(CCC(C)[C@H]1CCC2[C@@H](C)CCC[C@@]21C)COS(=O)(=O)c1ccc(C)cc1)C(=O)OC. The molecular weight excluding hydrogens is 460 g/mol. The van der Waals surface area contributed by atoms with E-state index in [9.17, 15) is 13.2 Å². The van der Waals surface area contributed by atoms with Crippen LogP contribution < -0.4 is 0 Å². The van der Waals surface area contributed by atoms with Gasteiger partial charge >= 0.3 is 5.97 Å². The van der Waals surface area contributed by atoms with Gasteiger partial charge < -0.3 is 4.74 Å². The molecule has 1 aromatic rings. The topological polar surface area (TPSA) is 69.7 Å². The number of hydrogen-bond acceptors (Lipinski definition) is 5. The number of carbonyl (C=O) groups excluding carboxylic acids is 1. The predicted molar refractivity (Wildman–Crippen MR) is 139 cm³/mol. The molecule has 2 saturated carbocycles. The smallest absolute Gasteiger partial charge is 0.333 e. The molecule has 6 heteroatoms. The van der Waals surface area contributed by atoms with Crippen LogP contribution in [0.15, 0.2) is 41.3 Å². The summed E-state index contributed by atoms with van der Waals surface area (Å²) in [5.41, 5.74) is 1.75. The van der Waals surface area contributed by atoms with E-state index in [1.807, 2.05) is 6.92 Å². The summed E-state index contributed by atoms with van der Waals surface area (Å²) in [5, 5.41) is 0. The Bertz CT molecular complexity index is 983. The Kier molecular flexibility index (Phi) is 9.25. The third-order valence-corrected chi connectivity index (χ3v) is 10.3. The Morgan fingerprint density at radius 1 is 1.17 bits per heavy atom. The fraction of sp³-hybridized carbons (Fsp3) is 0.690. The van der Waals surface area contributed by atoms with Crippen molar-refractivity contribution in [1.82, 2.24) is 0 Å². The summed E-state index contributed by atoms with van der Waals surface area (Å²) in [6, 6.07) is 6.65. The molecule has 0 aromatic heterocycles. The van der Waals surface area contributed by atoms with Gasteiger partial charge in [-0.25, -0.2) is 4.79 Å². The molecule has 6 atom stereocenters. The summed E-state index contributed by atoms with van der Waals surface area (Å²) in [7, 11) is -2.53. The molecule has 2 aliphatic carbocycles. The summed E-state index contributed by atoms with van der Waals surface area (Å²) >= 11 is 0. The second-order valence-electron chi connectivity index (χ2n) is 11.4. The first kappa shape index (κ1) is 27.9. The lowest BCUT2D eigenvalue weighted by Crippen LogP contribution is -2.38. The number of esters is 1. The lowest BCUT2D eigenvalue weighted by molar-refractivity contribution is -0.136. The van der Waals surface area contributed by atoms with Crippen LogP contribution in [0.25, 0.3) is 0 Å². The number of ether oxygens (including phenoxy) is 1. The van der Waals surface area contributed by atoms with Crippen molar-refractivity contribution < 1.29 is 22.1 Å². The van der Waals surface area contributed by atoms with E-state index in [1.54, 1.807) is 24.3 Å². The molecule has 3 unspecified atom stereocenters. The largest absolute Gasteiger partial charge is 0.466 e. The van der Waals surface area contributed by atoms with Crippen LogP contribution in [-0.4, -0.2) is 28.1 Å². The standard InChI is InChI=1S/C29H44O5S/c1-20-9-13-25(14-10-20)35(31,32)34-19-24(18-23(4)28(30)33-6)12-11-22(3)27-16-15-26-21(2)8-7-17-29(26,27)5/h9-10,13-14,21-22,24,26-27H,4,7-8,11-12,15-19H2,1-3,5-6H3/t21-,22?,24?,26?,27+,29-/m0/s1. The lowest BCUT2D eigenvalue weighted by atomic mass is 9.59. The second-order valence-corrected chi connectivity index (χ2v) is 13.1. The van der Waals surface area contributed by atoms with Crippen LogP contribution in [-0.2, 0) is 23.8 Å². The summed E-state index contributed by atoms with van der Waals surface area (Å²) in [6.45, 7) is 13.1. The molecule has 0 radical (unpaired) electrons.